The normalized spacial score (nSPS) is 24.7. The molecule has 6 heteroatoms. The summed E-state index contributed by atoms with van der Waals surface area (Å²) in [6, 6.07) is 2.36. The number of nitriles is 1. The number of carbonyl (C=O) groups excluding carboxylic acids is 2. The van der Waals surface area contributed by atoms with Crippen LogP contribution in [0.25, 0.3) is 0 Å². The third-order valence-corrected chi connectivity index (χ3v) is 5.53. The molecule has 0 unspecified atom stereocenters. The largest absolute Gasteiger partial charge is 0.340 e. The zero-order valence-corrected chi connectivity index (χ0v) is 14.4. The van der Waals surface area contributed by atoms with Crippen LogP contribution in [0.4, 0.5) is 0 Å². The van der Waals surface area contributed by atoms with Gasteiger partial charge in [-0.05, 0) is 25.7 Å². The molecular weight excluding hydrogens is 304 g/mol. The number of hydrogen-bond acceptors (Lipinski definition) is 4. The van der Waals surface area contributed by atoms with Crippen LogP contribution in [0.3, 0.4) is 0 Å². The van der Waals surface area contributed by atoms with Crippen LogP contribution in [0.2, 0.25) is 0 Å². The van der Waals surface area contributed by atoms with Gasteiger partial charge in [-0.1, -0.05) is 25.7 Å². The van der Waals surface area contributed by atoms with Crippen molar-refractivity contribution < 1.29 is 9.59 Å². The van der Waals surface area contributed by atoms with Gasteiger partial charge in [-0.2, -0.15) is 5.26 Å². The van der Waals surface area contributed by atoms with Gasteiger partial charge in [-0.15, -0.1) is 0 Å². The standard InChI is InChI=1S/C18H28N4O2/c19-14-18(7-3-1-2-4-8-18)20-16(23)13-21-9-11-22(12-10-21)17(24)15-5-6-15/h15H,1-13H2,(H,20,23). The van der Waals surface area contributed by atoms with Gasteiger partial charge in [0, 0.05) is 32.1 Å². The van der Waals surface area contributed by atoms with E-state index in [0.717, 1.165) is 64.5 Å². The molecule has 0 radical (unpaired) electrons. The highest BCUT2D eigenvalue weighted by Crippen LogP contribution is 2.31. The Morgan fingerprint density at radius 1 is 1.04 bits per heavy atom. The minimum atomic E-state index is -0.669. The molecule has 2 aliphatic carbocycles. The highest BCUT2D eigenvalue weighted by molar-refractivity contribution is 5.81. The molecule has 3 fully saturated rings. The molecule has 3 rings (SSSR count). The lowest BCUT2D eigenvalue weighted by atomic mass is 9.92. The quantitative estimate of drug-likeness (QED) is 0.787. The zero-order chi connectivity index (χ0) is 17.0. The Labute approximate surface area is 144 Å². The zero-order valence-electron chi connectivity index (χ0n) is 14.4. The van der Waals surface area contributed by atoms with Gasteiger partial charge >= 0.3 is 0 Å². The van der Waals surface area contributed by atoms with Crippen molar-refractivity contribution in [1.29, 1.82) is 5.26 Å². The predicted molar refractivity (Wildman–Crippen MR) is 89.9 cm³/mol. The lowest BCUT2D eigenvalue weighted by Crippen LogP contribution is -2.54. The molecule has 0 atom stereocenters. The molecule has 24 heavy (non-hydrogen) atoms. The van der Waals surface area contributed by atoms with Crippen LogP contribution in [0.1, 0.15) is 51.4 Å². The maximum absolute atomic E-state index is 12.4. The highest BCUT2D eigenvalue weighted by Gasteiger charge is 2.36. The molecule has 2 saturated carbocycles. The summed E-state index contributed by atoms with van der Waals surface area (Å²) in [6.45, 7) is 3.24. The van der Waals surface area contributed by atoms with Crippen LogP contribution in [-0.2, 0) is 9.59 Å². The molecular formula is C18H28N4O2. The Bertz CT molecular complexity index is 508. The van der Waals surface area contributed by atoms with E-state index in [9.17, 15) is 14.9 Å². The molecule has 0 aromatic rings. The third kappa shape index (κ3) is 4.27. The van der Waals surface area contributed by atoms with Crippen LogP contribution in [0.15, 0.2) is 0 Å². The molecule has 0 aromatic carbocycles. The van der Waals surface area contributed by atoms with Gasteiger partial charge in [0.25, 0.3) is 0 Å². The molecule has 3 aliphatic rings. The average Bonchev–Trinajstić information content (AvgIpc) is 3.43. The minimum absolute atomic E-state index is 0.0552. The molecule has 6 nitrogen and oxygen atoms in total. The number of rotatable bonds is 4. The van der Waals surface area contributed by atoms with E-state index < -0.39 is 5.54 Å². The Hall–Kier alpha value is -1.61. The van der Waals surface area contributed by atoms with Crippen LogP contribution in [-0.4, -0.2) is 59.9 Å². The number of amides is 2. The van der Waals surface area contributed by atoms with E-state index in [2.05, 4.69) is 16.3 Å². The van der Waals surface area contributed by atoms with Gasteiger partial charge < -0.3 is 10.2 Å². The van der Waals surface area contributed by atoms with Gasteiger partial charge in [-0.25, -0.2) is 0 Å². The van der Waals surface area contributed by atoms with Gasteiger partial charge in [-0.3, -0.25) is 14.5 Å². The Kier molecular flexibility index (Phi) is 5.40. The van der Waals surface area contributed by atoms with Crippen LogP contribution >= 0.6 is 0 Å². The first-order valence-electron chi connectivity index (χ1n) is 9.35. The van der Waals surface area contributed by atoms with E-state index in [1.54, 1.807) is 0 Å². The van der Waals surface area contributed by atoms with Crippen molar-refractivity contribution in [2.45, 2.75) is 56.9 Å². The smallest absolute Gasteiger partial charge is 0.235 e. The summed E-state index contributed by atoms with van der Waals surface area (Å²) in [7, 11) is 0. The summed E-state index contributed by atoms with van der Waals surface area (Å²) in [5.41, 5.74) is -0.669. The van der Waals surface area contributed by atoms with Gasteiger partial charge in [0.1, 0.15) is 5.54 Å². The number of nitrogens with one attached hydrogen (secondary N) is 1. The number of carbonyl (C=O) groups is 2. The molecule has 1 N–H and O–H groups in total. The van der Waals surface area contributed by atoms with Gasteiger partial charge in [0.05, 0.1) is 12.6 Å². The highest BCUT2D eigenvalue weighted by atomic mass is 16.2. The maximum Gasteiger partial charge on any atom is 0.235 e. The van der Waals surface area contributed by atoms with Crippen molar-refractivity contribution in [3.63, 3.8) is 0 Å². The fourth-order valence-electron chi connectivity index (χ4n) is 3.82. The molecule has 0 bridgehead atoms. The van der Waals surface area contributed by atoms with E-state index in [1.165, 1.54) is 0 Å². The van der Waals surface area contributed by atoms with Crippen LogP contribution in [0, 0.1) is 17.2 Å². The van der Waals surface area contributed by atoms with Crippen molar-refractivity contribution in [1.82, 2.24) is 15.1 Å². The summed E-state index contributed by atoms with van der Waals surface area (Å²) in [5.74, 6) is 0.506. The van der Waals surface area contributed by atoms with Crippen LogP contribution < -0.4 is 5.32 Å². The molecule has 1 saturated heterocycles. The Balaban J connectivity index is 1.45. The van der Waals surface area contributed by atoms with Gasteiger partial charge in [0.15, 0.2) is 0 Å². The Morgan fingerprint density at radius 2 is 1.67 bits per heavy atom. The van der Waals surface area contributed by atoms with Crippen molar-refractivity contribution in [2.75, 3.05) is 32.7 Å². The summed E-state index contributed by atoms with van der Waals surface area (Å²) < 4.78 is 0. The third-order valence-electron chi connectivity index (χ3n) is 5.53. The van der Waals surface area contributed by atoms with Gasteiger partial charge in [0.2, 0.25) is 11.8 Å². The van der Waals surface area contributed by atoms with E-state index in [1.807, 2.05) is 4.90 Å². The molecule has 1 aliphatic heterocycles. The first kappa shape index (κ1) is 17.2. The van der Waals surface area contributed by atoms with Crippen LogP contribution in [0.5, 0.6) is 0 Å². The number of piperazine rings is 1. The second kappa shape index (κ2) is 7.52. The summed E-state index contributed by atoms with van der Waals surface area (Å²) in [5, 5.41) is 12.6. The van der Waals surface area contributed by atoms with E-state index in [-0.39, 0.29) is 11.8 Å². The van der Waals surface area contributed by atoms with Crippen molar-refractivity contribution in [3.05, 3.63) is 0 Å². The van der Waals surface area contributed by atoms with Crippen molar-refractivity contribution >= 4 is 11.8 Å². The topological polar surface area (TPSA) is 76.4 Å². The van der Waals surface area contributed by atoms with E-state index in [4.69, 9.17) is 0 Å². The second-order valence-corrected chi connectivity index (χ2v) is 7.53. The second-order valence-electron chi connectivity index (χ2n) is 7.53. The van der Waals surface area contributed by atoms with E-state index >= 15 is 0 Å². The fourth-order valence-corrected chi connectivity index (χ4v) is 3.82. The molecule has 1 heterocycles. The molecule has 132 valence electrons. The Morgan fingerprint density at radius 3 is 2.21 bits per heavy atom. The summed E-state index contributed by atoms with van der Waals surface area (Å²) in [4.78, 5) is 28.5. The SMILES string of the molecule is N#CC1(NC(=O)CN2CCN(C(=O)C3CC3)CC2)CCCCCC1. The lowest BCUT2D eigenvalue weighted by Gasteiger charge is -2.35. The molecule has 2 amide bonds. The molecule has 0 spiro atoms. The van der Waals surface area contributed by atoms with Crippen molar-refractivity contribution in [2.24, 2.45) is 5.92 Å². The monoisotopic (exact) mass is 332 g/mol. The maximum atomic E-state index is 12.4. The predicted octanol–water partition coefficient (Wildman–Crippen LogP) is 1.27. The first-order valence-corrected chi connectivity index (χ1v) is 9.35. The summed E-state index contributed by atoms with van der Waals surface area (Å²) >= 11 is 0. The van der Waals surface area contributed by atoms with E-state index in [0.29, 0.717) is 25.5 Å². The van der Waals surface area contributed by atoms with Crippen molar-refractivity contribution in [3.8, 4) is 6.07 Å². The fraction of sp³-hybridized carbons (Fsp3) is 0.833. The number of nitrogens with zero attached hydrogens (tertiary/aromatic N) is 3. The summed E-state index contributed by atoms with van der Waals surface area (Å²) in [6.07, 6.45) is 7.92. The molecule has 0 aromatic heterocycles. The average molecular weight is 332 g/mol. The number of hydrogen-bond donors (Lipinski definition) is 1. The minimum Gasteiger partial charge on any atom is -0.340 e. The first-order chi connectivity index (χ1) is 11.6. The lowest BCUT2D eigenvalue weighted by molar-refractivity contribution is -0.134.